The van der Waals surface area contributed by atoms with Crippen molar-refractivity contribution in [1.29, 1.82) is 0 Å². The van der Waals surface area contributed by atoms with E-state index in [0.29, 0.717) is 5.95 Å². The third kappa shape index (κ3) is 3.16. The summed E-state index contributed by atoms with van der Waals surface area (Å²) in [6.45, 7) is 3.26. The van der Waals surface area contributed by atoms with Crippen LogP contribution in [0.25, 0.3) is 0 Å². The van der Waals surface area contributed by atoms with Crippen LogP contribution in [-0.4, -0.2) is 40.6 Å². The van der Waals surface area contributed by atoms with Crippen LogP contribution in [0.5, 0.6) is 6.01 Å². The molecule has 8 nitrogen and oxygen atoms in total. The Hall–Kier alpha value is -2.12. The highest BCUT2D eigenvalue weighted by molar-refractivity contribution is 5.86. The van der Waals surface area contributed by atoms with Gasteiger partial charge in [-0.1, -0.05) is 0 Å². The van der Waals surface area contributed by atoms with Crippen LogP contribution < -0.4 is 21.1 Å². The molecule has 0 spiro atoms. The first-order valence-electron chi connectivity index (χ1n) is 4.95. The number of primary amides is 1. The van der Waals surface area contributed by atoms with E-state index in [1.165, 1.54) is 7.11 Å². The number of hydrogen-bond acceptors (Lipinski definition) is 7. The Labute approximate surface area is 99.0 Å². The van der Waals surface area contributed by atoms with Crippen molar-refractivity contribution in [3.8, 4) is 6.01 Å². The fraction of sp³-hybridized carbons (Fsp3) is 0.556. The Balaban J connectivity index is 3.02. The van der Waals surface area contributed by atoms with E-state index in [9.17, 15) is 4.79 Å². The van der Waals surface area contributed by atoms with Crippen LogP contribution in [0.3, 0.4) is 0 Å². The van der Waals surface area contributed by atoms with Gasteiger partial charge in [0.15, 0.2) is 0 Å². The maximum Gasteiger partial charge on any atom is 0.322 e. The van der Waals surface area contributed by atoms with Gasteiger partial charge in [0.1, 0.15) is 5.54 Å². The number of methoxy groups -OCH3 is 1. The normalized spacial score (nSPS) is 10.8. The van der Waals surface area contributed by atoms with E-state index < -0.39 is 11.4 Å². The molecule has 1 aromatic heterocycles. The predicted molar refractivity (Wildman–Crippen MR) is 62.8 cm³/mol. The number of carbonyl (C=O) groups excluding carboxylic acids is 1. The van der Waals surface area contributed by atoms with E-state index in [-0.39, 0.29) is 12.0 Å². The molecular formula is C9H16N6O2. The number of aromatic nitrogens is 3. The molecule has 0 saturated heterocycles. The Bertz CT molecular complexity index is 398. The van der Waals surface area contributed by atoms with Gasteiger partial charge in [-0.3, -0.25) is 4.79 Å². The van der Waals surface area contributed by atoms with Crippen molar-refractivity contribution >= 4 is 17.8 Å². The Morgan fingerprint density at radius 2 is 1.88 bits per heavy atom. The lowest BCUT2D eigenvalue weighted by molar-refractivity contribution is -0.121. The number of hydrogen-bond donors (Lipinski definition) is 3. The molecule has 0 radical (unpaired) electrons. The average molecular weight is 240 g/mol. The van der Waals surface area contributed by atoms with Gasteiger partial charge in [0.2, 0.25) is 17.8 Å². The SMILES string of the molecule is CNc1nc(NC(C)(C)C(N)=O)nc(OC)n1. The van der Waals surface area contributed by atoms with Crippen molar-refractivity contribution in [2.24, 2.45) is 5.73 Å². The second-order valence-electron chi connectivity index (χ2n) is 3.83. The molecule has 8 heteroatoms. The largest absolute Gasteiger partial charge is 0.467 e. The monoisotopic (exact) mass is 240 g/mol. The van der Waals surface area contributed by atoms with Crippen molar-refractivity contribution in [2.45, 2.75) is 19.4 Å². The quantitative estimate of drug-likeness (QED) is 0.641. The van der Waals surface area contributed by atoms with Crippen molar-refractivity contribution in [2.75, 3.05) is 24.8 Å². The molecule has 0 bridgehead atoms. The Kier molecular flexibility index (Phi) is 3.66. The molecular weight excluding hydrogens is 224 g/mol. The maximum atomic E-state index is 11.2. The van der Waals surface area contributed by atoms with Crippen LogP contribution in [0.15, 0.2) is 0 Å². The number of anilines is 2. The molecule has 0 atom stereocenters. The lowest BCUT2D eigenvalue weighted by Gasteiger charge is -2.22. The summed E-state index contributed by atoms with van der Waals surface area (Å²) in [5, 5.41) is 5.57. The van der Waals surface area contributed by atoms with Crippen LogP contribution in [0, 0.1) is 0 Å². The smallest absolute Gasteiger partial charge is 0.322 e. The first kappa shape index (κ1) is 12.9. The summed E-state index contributed by atoms with van der Waals surface area (Å²) in [6.07, 6.45) is 0. The van der Waals surface area contributed by atoms with Crippen LogP contribution in [0.2, 0.25) is 0 Å². The second kappa shape index (κ2) is 4.81. The standard InChI is InChI=1S/C9H16N6O2/c1-9(2,5(10)16)15-7-12-6(11-3)13-8(14-7)17-4/h1-4H3,(H2,10,16)(H2,11,12,13,14,15). The molecule has 0 saturated carbocycles. The third-order valence-electron chi connectivity index (χ3n) is 2.06. The summed E-state index contributed by atoms with van der Waals surface area (Å²) in [6, 6.07) is 0.145. The van der Waals surface area contributed by atoms with Gasteiger partial charge in [-0.15, -0.1) is 0 Å². The Morgan fingerprint density at radius 3 is 2.35 bits per heavy atom. The zero-order valence-corrected chi connectivity index (χ0v) is 10.2. The summed E-state index contributed by atoms with van der Waals surface area (Å²) >= 11 is 0. The molecule has 94 valence electrons. The minimum Gasteiger partial charge on any atom is -0.467 e. The highest BCUT2D eigenvalue weighted by atomic mass is 16.5. The predicted octanol–water partition coefficient (Wildman–Crippen LogP) is -0.402. The van der Waals surface area contributed by atoms with Crippen molar-refractivity contribution < 1.29 is 9.53 Å². The number of carbonyl (C=O) groups is 1. The van der Waals surface area contributed by atoms with Gasteiger partial charge in [-0.2, -0.15) is 15.0 Å². The fourth-order valence-corrected chi connectivity index (χ4v) is 0.957. The summed E-state index contributed by atoms with van der Waals surface area (Å²) in [5.41, 5.74) is 4.28. The van der Waals surface area contributed by atoms with Gasteiger partial charge in [-0.05, 0) is 13.8 Å². The van der Waals surface area contributed by atoms with Gasteiger partial charge in [0.05, 0.1) is 7.11 Å². The maximum absolute atomic E-state index is 11.2. The lowest BCUT2D eigenvalue weighted by Crippen LogP contribution is -2.45. The van der Waals surface area contributed by atoms with E-state index >= 15 is 0 Å². The van der Waals surface area contributed by atoms with Crippen molar-refractivity contribution in [1.82, 2.24) is 15.0 Å². The van der Waals surface area contributed by atoms with E-state index in [4.69, 9.17) is 10.5 Å². The van der Waals surface area contributed by atoms with Crippen LogP contribution >= 0.6 is 0 Å². The molecule has 0 fully saturated rings. The minimum atomic E-state index is -0.961. The van der Waals surface area contributed by atoms with E-state index in [2.05, 4.69) is 25.6 Å². The molecule has 0 aromatic carbocycles. The van der Waals surface area contributed by atoms with Gasteiger partial charge >= 0.3 is 6.01 Å². The highest BCUT2D eigenvalue weighted by Gasteiger charge is 2.26. The fourth-order valence-electron chi connectivity index (χ4n) is 0.957. The summed E-state index contributed by atoms with van der Waals surface area (Å²) in [7, 11) is 3.11. The number of nitrogens with two attached hydrogens (primary N) is 1. The summed E-state index contributed by atoms with van der Waals surface area (Å²) in [4.78, 5) is 23.1. The van der Waals surface area contributed by atoms with Crippen LogP contribution in [-0.2, 0) is 4.79 Å². The number of ether oxygens (including phenoxy) is 1. The average Bonchev–Trinajstić information content (AvgIpc) is 2.27. The molecule has 0 aliphatic rings. The zero-order chi connectivity index (χ0) is 13.1. The minimum absolute atomic E-state index is 0.145. The molecule has 0 unspecified atom stereocenters. The second-order valence-corrected chi connectivity index (χ2v) is 3.83. The molecule has 17 heavy (non-hydrogen) atoms. The van der Waals surface area contributed by atoms with Crippen LogP contribution in [0.1, 0.15) is 13.8 Å². The van der Waals surface area contributed by atoms with E-state index in [1.54, 1.807) is 20.9 Å². The van der Waals surface area contributed by atoms with E-state index in [1.807, 2.05) is 0 Å². The molecule has 4 N–H and O–H groups in total. The van der Waals surface area contributed by atoms with Gasteiger partial charge in [0.25, 0.3) is 0 Å². The third-order valence-corrected chi connectivity index (χ3v) is 2.06. The molecule has 1 heterocycles. The number of nitrogens with one attached hydrogen (secondary N) is 2. The first-order valence-corrected chi connectivity index (χ1v) is 4.95. The molecule has 1 amide bonds. The van der Waals surface area contributed by atoms with Gasteiger partial charge in [0, 0.05) is 7.05 Å². The molecule has 0 aliphatic carbocycles. The molecule has 1 aromatic rings. The first-order chi connectivity index (χ1) is 7.89. The lowest BCUT2D eigenvalue weighted by atomic mass is 10.1. The Morgan fingerprint density at radius 1 is 1.29 bits per heavy atom. The van der Waals surface area contributed by atoms with Gasteiger partial charge < -0.3 is 21.1 Å². The van der Waals surface area contributed by atoms with Gasteiger partial charge in [-0.25, -0.2) is 0 Å². The summed E-state index contributed by atoms with van der Waals surface area (Å²) in [5.74, 6) is 0.0347. The zero-order valence-electron chi connectivity index (χ0n) is 10.2. The number of amides is 1. The summed E-state index contributed by atoms with van der Waals surface area (Å²) < 4.78 is 4.91. The molecule has 1 rings (SSSR count). The number of rotatable bonds is 5. The molecule has 0 aliphatic heterocycles. The van der Waals surface area contributed by atoms with Crippen molar-refractivity contribution in [3.05, 3.63) is 0 Å². The topological polar surface area (TPSA) is 115 Å². The van der Waals surface area contributed by atoms with Crippen molar-refractivity contribution in [3.63, 3.8) is 0 Å². The van der Waals surface area contributed by atoms with Crippen LogP contribution in [0.4, 0.5) is 11.9 Å². The highest BCUT2D eigenvalue weighted by Crippen LogP contribution is 2.14. The van der Waals surface area contributed by atoms with E-state index in [0.717, 1.165) is 0 Å². The number of nitrogens with zero attached hydrogens (tertiary/aromatic N) is 3.